The predicted octanol–water partition coefficient (Wildman–Crippen LogP) is 3.70. The third-order valence-corrected chi connectivity index (χ3v) is 5.97. The van der Waals surface area contributed by atoms with Gasteiger partial charge in [0.1, 0.15) is 18.8 Å². The van der Waals surface area contributed by atoms with Crippen molar-refractivity contribution < 1.29 is 33.3 Å². The van der Waals surface area contributed by atoms with E-state index >= 15 is 0 Å². The number of carbonyl (C=O) groups is 3. The summed E-state index contributed by atoms with van der Waals surface area (Å²) >= 11 is 0. The van der Waals surface area contributed by atoms with Gasteiger partial charge in [0.15, 0.2) is 6.29 Å². The second kappa shape index (κ2) is 15.4. The van der Waals surface area contributed by atoms with E-state index in [9.17, 15) is 14.4 Å². The van der Waals surface area contributed by atoms with Crippen LogP contribution in [0.1, 0.15) is 65.4 Å². The van der Waals surface area contributed by atoms with E-state index in [1.54, 1.807) is 0 Å². The highest BCUT2D eigenvalue weighted by Crippen LogP contribution is 2.31. The van der Waals surface area contributed by atoms with Crippen LogP contribution in [0.5, 0.6) is 0 Å². The molecule has 5 unspecified atom stereocenters. The fourth-order valence-corrected chi connectivity index (χ4v) is 4.19. The molecule has 0 aliphatic carbocycles. The maximum absolute atomic E-state index is 11.8. The van der Waals surface area contributed by atoms with Gasteiger partial charge in [-0.25, -0.2) is 4.79 Å². The summed E-state index contributed by atoms with van der Waals surface area (Å²) in [5, 5.41) is 5.61. The molecule has 1 aliphatic rings. The molecule has 0 bridgehead atoms. The van der Waals surface area contributed by atoms with Crippen LogP contribution in [-0.2, 0) is 35.1 Å². The lowest BCUT2D eigenvalue weighted by molar-refractivity contribution is -0.253. The standard InChI is InChI=1S/C26H40N2O7/c1-5-22-18(2)24(34-20(4)30)23(28-19(3)29)25(35-22)32-16-12-7-6-11-15-27-26(31)33-17-21-13-9-8-10-14-21/h8-10,13-14,18,22-25H,5-7,11-12,15-17H2,1-4H3,(H,27,31)(H,28,29). The topological polar surface area (TPSA) is 112 Å². The first-order chi connectivity index (χ1) is 16.8. The van der Waals surface area contributed by atoms with Crippen molar-refractivity contribution in [3.63, 3.8) is 0 Å². The van der Waals surface area contributed by atoms with E-state index in [0.29, 0.717) is 13.2 Å². The molecule has 0 aromatic heterocycles. The molecule has 1 aliphatic heterocycles. The zero-order valence-corrected chi connectivity index (χ0v) is 21.3. The summed E-state index contributed by atoms with van der Waals surface area (Å²) < 4.78 is 22.8. The molecule has 196 valence electrons. The third kappa shape index (κ3) is 10.2. The fraction of sp³-hybridized carbons (Fsp3) is 0.654. The second-order valence-electron chi connectivity index (χ2n) is 8.88. The number of esters is 1. The Balaban J connectivity index is 1.67. The van der Waals surface area contributed by atoms with Crippen LogP contribution in [0.4, 0.5) is 4.79 Å². The number of carbonyl (C=O) groups excluding carboxylic acids is 3. The summed E-state index contributed by atoms with van der Waals surface area (Å²) in [6.07, 6.45) is 2.45. The number of amides is 2. The number of unbranched alkanes of at least 4 members (excludes halogenated alkanes) is 3. The van der Waals surface area contributed by atoms with Crippen molar-refractivity contribution in [1.29, 1.82) is 0 Å². The van der Waals surface area contributed by atoms with E-state index in [2.05, 4.69) is 10.6 Å². The molecule has 35 heavy (non-hydrogen) atoms. The molecule has 2 N–H and O–H groups in total. The summed E-state index contributed by atoms with van der Waals surface area (Å²) in [5.41, 5.74) is 0.948. The van der Waals surface area contributed by atoms with Gasteiger partial charge in [0, 0.05) is 32.9 Å². The van der Waals surface area contributed by atoms with Crippen molar-refractivity contribution in [3.05, 3.63) is 35.9 Å². The summed E-state index contributed by atoms with van der Waals surface area (Å²) in [6.45, 7) is 8.00. The van der Waals surface area contributed by atoms with Gasteiger partial charge < -0.3 is 29.6 Å². The Kier molecular flexibility index (Phi) is 12.6. The van der Waals surface area contributed by atoms with Crippen LogP contribution in [0.25, 0.3) is 0 Å². The fourth-order valence-electron chi connectivity index (χ4n) is 4.19. The van der Waals surface area contributed by atoms with Crippen molar-refractivity contribution in [3.8, 4) is 0 Å². The van der Waals surface area contributed by atoms with Gasteiger partial charge in [-0.2, -0.15) is 0 Å². The quantitative estimate of drug-likeness (QED) is 0.319. The molecule has 0 saturated carbocycles. The summed E-state index contributed by atoms with van der Waals surface area (Å²) in [5.74, 6) is -0.709. The van der Waals surface area contributed by atoms with Crippen molar-refractivity contribution in [2.75, 3.05) is 13.2 Å². The van der Waals surface area contributed by atoms with E-state index in [1.165, 1.54) is 13.8 Å². The minimum Gasteiger partial charge on any atom is -0.460 e. The molecule has 9 heteroatoms. The van der Waals surface area contributed by atoms with Gasteiger partial charge in [0.25, 0.3) is 0 Å². The Labute approximate surface area is 208 Å². The maximum Gasteiger partial charge on any atom is 0.407 e. The molecule has 9 nitrogen and oxygen atoms in total. The Morgan fingerprint density at radius 1 is 1.03 bits per heavy atom. The lowest BCUT2D eigenvalue weighted by atomic mass is 9.87. The van der Waals surface area contributed by atoms with Crippen LogP contribution in [0.2, 0.25) is 0 Å². The monoisotopic (exact) mass is 492 g/mol. The minimum absolute atomic E-state index is 0.0764. The highest BCUT2D eigenvalue weighted by molar-refractivity contribution is 5.73. The molecule has 2 rings (SSSR count). The second-order valence-corrected chi connectivity index (χ2v) is 8.88. The van der Waals surface area contributed by atoms with Gasteiger partial charge in [-0.3, -0.25) is 9.59 Å². The lowest BCUT2D eigenvalue weighted by Gasteiger charge is -2.44. The molecule has 5 atom stereocenters. The van der Waals surface area contributed by atoms with Gasteiger partial charge in [-0.05, 0) is 24.8 Å². The SMILES string of the molecule is CCC1OC(OCCCCCCNC(=O)OCc2ccccc2)C(NC(C)=O)C(OC(C)=O)C1C. The third-order valence-electron chi connectivity index (χ3n) is 5.97. The first-order valence-electron chi connectivity index (χ1n) is 12.5. The van der Waals surface area contributed by atoms with E-state index in [4.69, 9.17) is 18.9 Å². The molecule has 1 heterocycles. The lowest BCUT2D eigenvalue weighted by Crippen LogP contribution is -2.62. The van der Waals surface area contributed by atoms with Crippen LogP contribution < -0.4 is 10.6 Å². The van der Waals surface area contributed by atoms with Gasteiger partial charge in [0.2, 0.25) is 5.91 Å². The van der Waals surface area contributed by atoms with Crippen LogP contribution in [0, 0.1) is 5.92 Å². The Morgan fingerprint density at radius 2 is 1.74 bits per heavy atom. The smallest absolute Gasteiger partial charge is 0.407 e. The van der Waals surface area contributed by atoms with Crippen LogP contribution in [-0.4, -0.2) is 55.7 Å². The zero-order chi connectivity index (χ0) is 25.6. The Bertz CT molecular complexity index is 789. The number of alkyl carbamates (subject to hydrolysis) is 1. The highest BCUT2D eigenvalue weighted by atomic mass is 16.7. The number of ether oxygens (including phenoxy) is 4. The summed E-state index contributed by atoms with van der Waals surface area (Å²) in [6, 6.07) is 8.97. The number of rotatable bonds is 13. The van der Waals surface area contributed by atoms with E-state index < -0.39 is 30.5 Å². The number of nitrogens with one attached hydrogen (secondary N) is 2. The molecular weight excluding hydrogens is 452 g/mol. The van der Waals surface area contributed by atoms with Crippen molar-refractivity contribution in [2.45, 2.75) is 90.9 Å². The first kappa shape index (κ1) is 28.6. The van der Waals surface area contributed by atoms with Gasteiger partial charge >= 0.3 is 12.1 Å². The molecule has 1 aromatic carbocycles. The molecule has 0 spiro atoms. The molecule has 2 amide bonds. The van der Waals surface area contributed by atoms with Gasteiger partial charge in [-0.1, -0.05) is 57.0 Å². The molecule has 1 fully saturated rings. The van der Waals surface area contributed by atoms with Gasteiger partial charge in [0.05, 0.1) is 6.10 Å². The van der Waals surface area contributed by atoms with Crippen LogP contribution in [0.3, 0.4) is 0 Å². The normalized spacial score (nSPS) is 23.8. The maximum atomic E-state index is 11.8. The average molecular weight is 493 g/mol. The van der Waals surface area contributed by atoms with Crippen molar-refractivity contribution in [2.24, 2.45) is 5.92 Å². The van der Waals surface area contributed by atoms with E-state index in [1.807, 2.05) is 44.2 Å². The van der Waals surface area contributed by atoms with Crippen LogP contribution in [0.15, 0.2) is 30.3 Å². The highest BCUT2D eigenvalue weighted by Gasteiger charge is 2.46. The van der Waals surface area contributed by atoms with E-state index in [-0.39, 0.29) is 24.5 Å². The largest absolute Gasteiger partial charge is 0.460 e. The van der Waals surface area contributed by atoms with Crippen molar-refractivity contribution >= 4 is 18.0 Å². The molecular formula is C26H40N2O7. The first-order valence-corrected chi connectivity index (χ1v) is 12.5. The molecule has 1 saturated heterocycles. The molecule has 0 radical (unpaired) electrons. The number of benzene rings is 1. The Hall–Kier alpha value is -2.65. The number of hydrogen-bond donors (Lipinski definition) is 2. The minimum atomic E-state index is -0.689. The predicted molar refractivity (Wildman–Crippen MR) is 130 cm³/mol. The van der Waals surface area contributed by atoms with Crippen LogP contribution >= 0.6 is 0 Å². The zero-order valence-electron chi connectivity index (χ0n) is 21.3. The van der Waals surface area contributed by atoms with E-state index in [0.717, 1.165) is 37.7 Å². The average Bonchev–Trinajstić information content (AvgIpc) is 2.83. The van der Waals surface area contributed by atoms with Gasteiger partial charge in [-0.15, -0.1) is 0 Å². The summed E-state index contributed by atoms with van der Waals surface area (Å²) in [4.78, 5) is 35.2. The molecule has 1 aromatic rings. The van der Waals surface area contributed by atoms with Crippen molar-refractivity contribution in [1.82, 2.24) is 10.6 Å². The Morgan fingerprint density at radius 3 is 2.40 bits per heavy atom. The summed E-state index contributed by atoms with van der Waals surface area (Å²) in [7, 11) is 0. The number of hydrogen-bond acceptors (Lipinski definition) is 7.